The first-order valence-corrected chi connectivity index (χ1v) is 12.7. The fourth-order valence-electron chi connectivity index (χ4n) is 3.48. The second kappa shape index (κ2) is 9.00. The van der Waals surface area contributed by atoms with Crippen molar-refractivity contribution in [1.29, 1.82) is 0 Å². The van der Waals surface area contributed by atoms with E-state index in [9.17, 15) is 8.42 Å². The number of rotatable bonds is 6. The molecule has 31 heavy (non-hydrogen) atoms. The standard InChI is InChI=1S/C26H23NO2S2/c1-20-12-14-23(15-13-20)31(28,29)24(16-17-30-2)18-21-19-27(22-8-4-3-5-9-22)26-11-7-6-10-25(21)26/h3-19H,1-2H3/b17-16+,24-18+. The smallest absolute Gasteiger partial charge is 0.206 e. The van der Waals surface area contributed by atoms with Gasteiger partial charge in [0.25, 0.3) is 0 Å². The van der Waals surface area contributed by atoms with E-state index in [1.165, 1.54) is 11.8 Å². The van der Waals surface area contributed by atoms with E-state index in [1.807, 2.05) is 86.1 Å². The van der Waals surface area contributed by atoms with Gasteiger partial charge >= 0.3 is 0 Å². The van der Waals surface area contributed by atoms with Gasteiger partial charge in [-0.15, -0.1) is 11.8 Å². The quantitative estimate of drug-likeness (QED) is 0.313. The maximum atomic E-state index is 13.4. The van der Waals surface area contributed by atoms with E-state index in [4.69, 9.17) is 0 Å². The van der Waals surface area contributed by atoms with E-state index in [-0.39, 0.29) is 4.91 Å². The summed E-state index contributed by atoms with van der Waals surface area (Å²) in [6.45, 7) is 1.94. The fraction of sp³-hybridized carbons (Fsp3) is 0.0769. The van der Waals surface area contributed by atoms with E-state index in [2.05, 4.69) is 4.57 Å². The molecule has 0 spiro atoms. The maximum Gasteiger partial charge on any atom is 0.206 e. The highest BCUT2D eigenvalue weighted by Gasteiger charge is 2.20. The van der Waals surface area contributed by atoms with Crippen LogP contribution in [0, 0.1) is 6.92 Å². The Labute approximate surface area is 187 Å². The van der Waals surface area contributed by atoms with Gasteiger partial charge in [0.1, 0.15) is 0 Å². The minimum Gasteiger partial charge on any atom is -0.316 e. The number of aromatic nitrogens is 1. The number of thioether (sulfide) groups is 1. The van der Waals surface area contributed by atoms with Crippen molar-refractivity contribution in [3.05, 3.63) is 113 Å². The number of nitrogens with zero attached hydrogens (tertiary/aromatic N) is 1. The lowest BCUT2D eigenvalue weighted by atomic mass is 10.1. The Morgan fingerprint density at radius 2 is 1.58 bits per heavy atom. The maximum absolute atomic E-state index is 13.4. The zero-order valence-corrected chi connectivity index (χ0v) is 19.0. The molecule has 4 aromatic rings. The second-order valence-corrected chi connectivity index (χ2v) is 9.90. The molecule has 5 heteroatoms. The molecule has 3 aromatic carbocycles. The predicted octanol–water partition coefficient (Wildman–Crippen LogP) is 6.63. The molecule has 0 saturated heterocycles. The summed E-state index contributed by atoms with van der Waals surface area (Å²) in [5, 5.41) is 2.80. The molecular weight excluding hydrogens is 422 g/mol. The second-order valence-electron chi connectivity index (χ2n) is 7.21. The summed E-state index contributed by atoms with van der Waals surface area (Å²) in [7, 11) is -3.66. The number of fused-ring (bicyclic) bond motifs is 1. The lowest BCUT2D eigenvalue weighted by Crippen LogP contribution is -2.03. The minimum absolute atomic E-state index is 0.265. The van der Waals surface area contributed by atoms with Crippen molar-refractivity contribution in [2.24, 2.45) is 0 Å². The summed E-state index contributed by atoms with van der Waals surface area (Å²) < 4.78 is 29.0. The van der Waals surface area contributed by atoms with E-state index in [0.29, 0.717) is 4.90 Å². The molecule has 0 N–H and O–H groups in total. The first-order chi connectivity index (χ1) is 15.0. The van der Waals surface area contributed by atoms with E-state index in [0.717, 1.165) is 27.7 Å². The lowest BCUT2D eigenvalue weighted by Gasteiger charge is -2.06. The number of allylic oxidation sites excluding steroid dienone is 1. The summed E-state index contributed by atoms with van der Waals surface area (Å²) in [5.74, 6) is 0. The Hall–Kier alpha value is -3.02. The number of hydrogen-bond donors (Lipinski definition) is 0. The Kier molecular flexibility index (Phi) is 6.16. The molecule has 0 bridgehead atoms. The first-order valence-electron chi connectivity index (χ1n) is 9.89. The predicted molar refractivity (Wildman–Crippen MR) is 132 cm³/mol. The first kappa shape index (κ1) is 21.2. The van der Waals surface area contributed by atoms with Crippen molar-refractivity contribution in [2.75, 3.05) is 6.26 Å². The Morgan fingerprint density at radius 3 is 2.29 bits per heavy atom. The van der Waals surface area contributed by atoms with Crippen molar-refractivity contribution in [1.82, 2.24) is 4.57 Å². The van der Waals surface area contributed by atoms with Gasteiger partial charge in [-0.2, -0.15) is 0 Å². The van der Waals surface area contributed by atoms with Crippen molar-refractivity contribution < 1.29 is 8.42 Å². The van der Waals surface area contributed by atoms with Gasteiger partial charge < -0.3 is 4.57 Å². The normalized spacial score (nSPS) is 12.6. The molecular formula is C26H23NO2S2. The van der Waals surface area contributed by atoms with Crippen LogP contribution in [-0.2, 0) is 9.84 Å². The Bertz CT molecular complexity index is 1360. The molecule has 3 nitrogen and oxygen atoms in total. The molecule has 1 aromatic heterocycles. The van der Waals surface area contributed by atoms with Crippen LogP contribution in [0.5, 0.6) is 0 Å². The molecule has 0 unspecified atom stereocenters. The van der Waals surface area contributed by atoms with Crippen LogP contribution in [0.2, 0.25) is 0 Å². The zero-order chi connectivity index (χ0) is 21.8. The highest BCUT2D eigenvalue weighted by Crippen LogP contribution is 2.30. The molecule has 1 heterocycles. The molecule has 156 valence electrons. The number of para-hydroxylation sites is 2. The average molecular weight is 446 g/mol. The fourth-order valence-corrected chi connectivity index (χ4v) is 5.15. The average Bonchev–Trinajstić information content (AvgIpc) is 3.16. The molecule has 0 radical (unpaired) electrons. The topological polar surface area (TPSA) is 39.1 Å². The molecule has 0 aliphatic heterocycles. The number of benzene rings is 3. The van der Waals surface area contributed by atoms with E-state index in [1.54, 1.807) is 29.7 Å². The van der Waals surface area contributed by atoms with Crippen LogP contribution < -0.4 is 0 Å². The lowest BCUT2D eigenvalue weighted by molar-refractivity contribution is 0.603. The van der Waals surface area contributed by atoms with Crippen LogP contribution in [0.1, 0.15) is 11.1 Å². The highest BCUT2D eigenvalue weighted by atomic mass is 32.2. The van der Waals surface area contributed by atoms with E-state index >= 15 is 0 Å². The summed E-state index contributed by atoms with van der Waals surface area (Å²) in [6, 6.07) is 25.1. The van der Waals surface area contributed by atoms with Gasteiger partial charge in [0.15, 0.2) is 0 Å². The monoisotopic (exact) mass is 445 g/mol. The number of hydrogen-bond acceptors (Lipinski definition) is 3. The summed E-state index contributed by atoms with van der Waals surface area (Å²) in [5.41, 5.74) is 3.94. The van der Waals surface area contributed by atoms with Gasteiger partial charge in [0.2, 0.25) is 9.84 Å². The van der Waals surface area contributed by atoms with Gasteiger partial charge in [0, 0.05) is 22.8 Å². The van der Waals surface area contributed by atoms with Crippen molar-refractivity contribution in [2.45, 2.75) is 11.8 Å². The third kappa shape index (κ3) is 4.38. The van der Waals surface area contributed by atoms with Crippen LogP contribution in [0.25, 0.3) is 22.7 Å². The van der Waals surface area contributed by atoms with Crippen molar-refractivity contribution >= 4 is 38.6 Å². The van der Waals surface area contributed by atoms with Crippen LogP contribution >= 0.6 is 11.8 Å². The number of sulfone groups is 1. The van der Waals surface area contributed by atoms with Crippen LogP contribution in [0.3, 0.4) is 0 Å². The SMILES string of the molecule is CS/C=C/C(=C\c1cn(-c2ccccc2)c2ccccc12)S(=O)(=O)c1ccc(C)cc1. The van der Waals surface area contributed by atoms with Crippen molar-refractivity contribution in [3.8, 4) is 5.69 Å². The zero-order valence-electron chi connectivity index (χ0n) is 17.4. The molecule has 4 rings (SSSR count). The summed E-state index contributed by atoms with van der Waals surface area (Å²) >= 11 is 1.47. The minimum atomic E-state index is -3.66. The number of aryl methyl sites for hydroxylation is 1. The van der Waals surface area contributed by atoms with Crippen molar-refractivity contribution in [3.63, 3.8) is 0 Å². The van der Waals surface area contributed by atoms with Gasteiger partial charge in [0.05, 0.1) is 15.3 Å². The highest BCUT2D eigenvalue weighted by molar-refractivity contribution is 8.01. The van der Waals surface area contributed by atoms with Crippen LogP contribution in [0.15, 0.2) is 106 Å². The molecule has 0 aliphatic carbocycles. The van der Waals surface area contributed by atoms with Gasteiger partial charge in [-0.1, -0.05) is 54.1 Å². The van der Waals surface area contributed by atoms with Crippen LogP contribution in [-0.4, -0.2) is 19.2 Å². The molecule has 0 aliphatic rings. The van der Waals surface area contributed by atoms with E-state index < -0.39 is 9.84 Å². The Morgan fingerprint density at radius 1 is 0.903 bits per heavy atom. The Balaban J connectivity index is 1.91. The molecule has 0 atom stereocenters. The van der Waals surface area contributed by atoms with Crippen LogP contribution in [0.4, 0.5) is 0 Å². The third-order valence-corrected chi connectivity index (χ3v) is 7.26. The molecule has 0 amide bonds. The largest absolute Gasteiger partial charge is 0.316 e. The third-order valence-electron chi connectivity index (χ3n) is 5.08. The molecule has 0 fully saturated rings. The summed E-state index contributed by atoms with van der Waals surface area (Å²) in [6.07, 6.45) is 7.35. The van der Waals surface area contributed by atoms with Gasteiger partial charge in [-0.05, 0) is 61.1 Å². The van der Waals surface area contributed by atoms with Gasteiger partial charge in [-0.25, -0.2) is 8.42 Å². The summed E-state index contributed by atoms with van der Waals surface area (Å²) in [4.78, 5) is 0.559. The molecule has 0 saturated carbocycles. The van der Waals surface area contributed by atoms with Gasteiger partial charge in [-0.3, -0.25) is 0 Å².